The Bertz CT molecular complexity index is 239. The van der Waals surface area contributed by atoms with Crippen LogP contribution in [-0.2, 0) is 0 Å². The number of rotatable bonds is 3. The van der Waals surface area contributed by atoms with Crippen LogP contribution in [0.5, 0.6) is 0 Å². The first-order valence-corrected chi connectivity index (χ1v) is 5.67. The zero-order valence-electron chi connectivity index (χ0n) is 9.46. The molecule has 0 bridgehead atoms. The molecule has 1 aliphatic carbocycles. The van der Waals surface area contributed by atoms with Gasteiger partial charge in [0.05, 0.1) is 0 Å². The van der Waals surface area contributed by atoms with Crippen molar-refractivity contribution in [2.75, 3.05) is 0 Å². The SMILES string of the molecule is CC.CC(NC1CC1)c1ccccc1. The van der Waals surface area contributed by atoms with Gasteiger partial charge in [0.1, 0.15) is 0 Å². The van der Waals surface area contributed by atoms with Gasteiger partial charge in [-0.05, 0) is 25.3 Å². The maximum absolute atomic E-state index is 3.57. The van der Waals surface area contributed by atoms with Gasteiger partial charge in [-0.1, -0.05) is 44.2 Å². The average Bonchev–Trinajstić information content (AvgIpc) is 3.06. The molecule has 0 spiro atoms. The normalized spacial score (nSPS) is 16.8. The zero-order chi connectivity index (χ0) is 10.4. The molecule has 1 aromatic rings. The van der Waals surface area contributed by atoms with Crippen LogP contribution in [0, 0.1) is 0 Å². The van der Waals surface area contributed by atoms with Crippen LogP contribution >= 0.6 is 0 Å². The molecule has 0 aromatic heterocycles. The largest absolute Gasteiger partial charge is 0.307 e. The van der Waals surface area contributed by atoms with Crippen LogP contribution in [0.1, 0.15) is 45.2 Å². The molecule has 0 radical (unpaired) electrons. The summed E-state index contributed by atoms with van der Waals surface area (Å²) in [5.74, 6) is 0. The second-order valence-corrected chi connectivity index (χ2v) is 3.57. The topological polar surface area (TPSA) is 12.0 Å². The minimum absolute atomic E-state index is 0.513. The van der Waals surface area contributed by atoms with Gasteiger partial charge in [0.15, 0.2) is 0 Å². The fourth-order valence-corrected chi connectivity index (χ4v) is 1.44. The highest BCUT2D eigenvalue weighted by atomic mass is 15.0. The van der Waals surface area contributed by atoms with Gasteiger partial charge in [-0.15, -0.1) is 0 Å². The average molecular weight is 191 g/mol. The van der Waals surface area contributed by atoms with Crippen molar-refractivity contribution in [3.63, 3.8) is 0 Å². The van der Waals surface area contributed by atoms with E-state index >= 15 is 0 Å². The van der Waals surface area contributed by atoms with Crippen LogP contribution in [-0.4, -0.2) is 6.04 Å². The lowest BCUT2D eigenvalue weighted by atomic mass is 10.1. The third-order valence-corrected chi connectivity index (χ3v) is 2.36. The molecule has 1 aromatic carbocycles. The van der Waals surface area contributed by atoms with E-state index in [0.717, 1.165) is 6.04 Å². The molecule has 78 valence electrons. The van der Waals surface area contributed by atoms with Gasteiger partial charge in [0.25, 0.3) is 0 Å². The molecule has 1 unspecified atom stereocenters. The van der Waals surface area contributed by atoms with Gasteiger partial charge in [-0.2, -0.15) is 0 Å². The smallest absolute Gasteiger partial charge is 0.0294 e. The van der Waals surface area contributed by atoms with E-state index in [2.05, 4.69) is 42.6 Å². The van der Waals surface area contributed by atoms with Crippen molar-refractivity contribution in [3.05, 3.63) is 35.9 Å². The van der Waals surface area contributed by atoms with Crippen molar-refractivity contribution < 1.29 is 0 Å². The van der Waals surface area contributed by atoms with Crippen molar-refractivity contribution in [1.29, 1.82) is 0 Å². The lowest BCUT2D eigenvalue weighted by molar-refractivity contribution is 0.571. The summed E-state index contributed by atoms with van der Waals surface area (Å²) >= 11 is 0. The molecule has 0 amide bonds. The summed E-state index contributed by atoms with van der Waals surface area (Å²) in [5, 5.41) is 3.57. The van der Waals surface area contributed by atoms with Crippen LogP contribution in [0.25, 0.3) is 0 Å². The fourth-order valence-electron chi connectivity index (χ4n) is 1.44. The third kappa shape index (κ3) is 3.51. The molecular weight excluding hydrogens is 170 g/mol. The Morgan fingerprint density at radius 1 is 1.14 bits per heavy atom. The predicted molar refractivity (Wildman–Crippen MR) is 62.4 cm³/mol. The van der Waals surface area contributed by atoms with Crippen LogP contribution in [0.4, 0.5) is 0 Å². The molecule has 1 nitrogen and oxygen atoms in total. The summed E-state index contributed by atoms with van der Waals surface area (Å²) < 4.78 is 0. The Morgan fingerprint density at radius 3 is 2.21 bits per heavy atom. The Kier molecular flexibility index (Phi) is 4.68. The summed E-state index contributed by atoms with van der Waals surface area (Å²) in [4.78, 5) is 0. The Labute approximate surface area is 87.5 Å². The molecule has 1 aliphatic rings. The molecular formula is C13H21N. The van der Waals surface area contributed by atoms with Gasteiger partial charge in [0.2, 0.25) is 0 Å². The second kappa shape index (κ2) is 5.82. The van der Waals surface area contributed by atoms with Crippen molar-refractivity contribution in [1.82, 2.24) is 5.32 Å². The first-order chi connectivity index (χ1) is 6.86. The first kappa shape index (κ1) is 11.3. The molecule has 1 atom stereocenters. The van der Waals surface area contributed by atoms with E-state index in [1.807, 2.05) is 13.8 Å². The Morgan fingerprint density at radius 2 is 1.71 bits per heavy atom. The summed E-state index contributed by atoms with van der Waals surface area (Å²) in [7, 11) is 0. The van der Waals surface area contributed by atoms with Crippen molar-refractivity contribution in [2.45, 2.75) is 45.7 Å². The summed E-state index contributed by atoms with van der Waals surface area (Å²) in [6.07, 6.45) is 2.72. The van der Waals surface area contributed by atoms with E-state index in [4.69, 9.17) is 0 Å². The molecule has 0 saturated heterocycles. The molecule has 0 heterocycles. The molecule has 1 saturated carbocycles. The maximum Gasteiger partial charge on any atom is 0.0294 e. The van der Waals surface area contributed by atoms with Crippen molar-refractivity contribution in [2.24, 2.45) is 0 Å². The summed E-state index contributed by atoms with van der Waals surface area (Å²) in [5.41, 5.74) is 1.39. The monoisotopic (exact) mass is 191 g/mol. The van der Waals surface area contributed by atoms with Gasteiger partial charge in [-0.3, -0.25) is 0 Å². The highest BCUT2D eigenvalue weighted by molar-refractivity contribution is 5.18. The summed E-state index contributed by atoms with van der Waals surface area (Å²) in [6, 6.07) is 11.9. The Hall–Kier alpha value is -0.820. The highest BCUT2D eigenvalue weighted by Crippen LogP contribution is 2.23. The number of nitrogens with one attached hydrogen (secondary N) is 1. The van der Waals surface area contributed by atoms with E-state index in [9.17, 15) is 0 Å². The van der Waals surface area contributed by atoms with Gasteiger partial charge in [-0.25, -0.2) is 0 Å². The fraction of sp³-hybridized carbons (Fsp3) is 0.538. The van der Waals surface area contributed by atoms with E-state index in [1.165, 1.54) is 18.4 Å². The van der Waals surface area contributed by atoms with Crippen LogP contribution in [0.2, 0.25) is 0 Å². The van der Waals surface area contributed by atoms with E-state index < -0.39 is 0 Å². The van der Waals surface area contributed by atoms with Crippen LogP contribution in [0.15, 0.2) is 30.3 Å². The lowest BCUT2D eigenvalue weighted by Gasteiger charge is -2.12. The quantitative estimate of drug-likeness (QED) is 0.770. The number of hydrogen-bond acceptors (Lipinski definition) is 1. The zero-order valence-corrected chi connectivity index (χ0v) is 9.46. The van der Waals surface area contributed by atoms with Gasteiger partial charge >= 0.3 is 0 Å². The van der Waals surface area contributed by atoms with Crippen LogP contribution < -0.4 is 5.32 Å². The predicted octanol–water partition coefficient (Wildman–Crippen LogP) is 3.53. The third-order valence-electron chi connectivity index (χ3n) is 2.36. The minimum Gasteiger partial charge on any atom is -0.307 e. The minimum atomic E-state index is 0.513. The molecule has 1 N–H and O–H groups in total. The molecule has 2 rings (SSSR count). The molecule has 14 heavy (non-hydrogen) atoms. The van der Waals surface area contributed by atoms with Gasteiger partial charge in [0, 0.05) is 12.1 Å². The standard InChI is InChI=1S/C11H15N.C2H6/c1-9(12-11-7-8-11)10-5-3-2-4-6-10;1-2/h2-6,9,11-12H,7-8H2,1H3;1-2H3. The summed E-state index contributed by atoms with van der Waals surface area (Å²) in [6.45, 7) is 6.23. The van der Waals surface area contributed by atoms with Gasteiger partial charge < -0.3 is 5.32 Å². The number of hydrogen-bond donors (Lipinski definition) is 1. The number of benzene rings is 1. The first-order valence-electron chi connectivity index (χ1n) is 5.67. The van der Waals surface area contributed by atoms with E-state index in [0.29, 0.717) is 6.04 Å². The van der Waals surface area contributed by atoms with E-state index in [-0.39, 0.29) is 0 Å². The molecule has 1 heteroatoms. The van der Waals surface area contributed by atoms with E-state index in [1.54, 1.807) is 0 Å². The Balaban J connectivity index is 0.000000461. The molecule has 0 aliphatic heterocycles. The lowest BCUT2D eigenvalue weighted by Crippen LogP contribution is -2.20. The molecule has 1 fully saturated rings. The van der Waals surface area contributed by atoms with Crippen molar-refractivity contribution >= 4 is 0 Å². The highest BCUT2D eigenvalue weighted by Gasteiger charge is 2.22. The van der Waals surface area contributed by atoms with Crippen molar-refractivity contribution in [3.8, 4) is 0 Å². The second-order valence-electron chi connectivity index (χ2n) is 3.57. The maximum atomic E-state index is 3.57. The van der Waals surface area contributed by atoms with Crippen LogP contribution in [0.3, 0.4) is 0 Å².